The molecule has 0 bridgehead atoms. The number of hydrogen-bond acceptors (Lipinski definition) is 3. The number of ketones is 1. The molecule has 0 aliphatic rings. The molecule has 176 valence electrons. The van der Waals surface area contributed by atoms with Crippen molar-refractivity contribution >= 4 is 32.6 Å². The lowest BCUT2D eigenvalue weighted by atomic mass is 10.1. The molecular formula is C27H34N4OSi2. The molecule has 0 amide bonds. The lowest BCUT2D eigenvalue weighted by Crippen LogP contribution is -2.48. The zero-order valence-corrected chi connectivity index (χ0v) is 23.5. The van der Waals surface area contributed by atoms with E-state index in [9.17, 15) is 4.79 Å². The third-order valence-corrected chi connectivity index (χ3v) is 9.76. The van der Waals surface area contributed by atoms with Crippen LogP contribution in [0.2, 0.25) is 39.3 Å². The predicted octanol–water partition coefficient (Wildman–Crippen LogP) is 5.00. The molecule has 0 aliphatic heterocycles. The van der Waals surface area contributed by atoms with Crippen LogP contribution in [-0.2, 0) is 0 Å². The fraction of sp³-hybridized carbons (Fsp3) is 0.296. The highest BCUT2D eigenvalue weighted by molar-refractivity contribution is 6.90. The van der Waals surface area contributed by atoms with E-state index < -0.39 is 16.1 Å². The summed E-state index contributed by atoms with van der Waals surface area (Å²) < 4.78 is 4.00. The van der Waals surface area contributed by atoms with Crippen molar-refractivity contribution in [1.29, 1.82) is 0 Å². The van der Waals surface area contributed by atoms with Crippen molar-refractivity contribution in [2.24, 2.45) is 0 Å². The number of aryl methyl sites for hydroxylation is 2. The molecule has 0 radical (unpaired) electrons. The molecule has 4 rings (SSSR count). The summed E-state index contributed by atoms with van der Waals surface area (Å²) >= 11 is 0. The smallest absolute Gasteiger partial charge is 0.199 e. The summed E-state index contributed by atoms with van der Waals surface area (Å²) in [6.45, 7) is 17.6. The topological polar surface area (TPSA) is 52.7 Å². The molecule has 0 spiro atoms. The van der Waals surface area contributed by atoms with Crippen molar-refractivity contribution in [2.75, 3.05) is 0 Å². The van der Waals surface area contributed by atoms with Crippen molar-refractivity contribution in [1.82, 2.24) is 19.6 Å². The molecule has 7 heteroatoms. The van der Waals surface area contributed by atoms with Crippen molar-refractivity contribution in [3.8, 4) is 11.4 Å². The van der Waals surface area contributed by atoms with E-state index in [1.54, 1.807) is 0 Å². The molecule has 0 N–H and O–H groups in total. The highest BCUT2D eigenvalue weighted by atomic mass is 28.3. The minimum atomic E-state index is -1.95. The standard InChI is InChI=1S/C27H34N4OSi2/c1-19-23(26(33(3,4)5)30(28-19)21-15-11-9-12-16-21)25(32)24-20(2)29-31(27(24)34(6,7)8)22-17-13-10-14-18-22/h9-18H,1-8H3. The lowest BCUT2D eigenvalue weighted by molar-refractivity contribution is 0.103. The molecule has 0 aliphatic carbocycles. The number of para-hydroxylation sites is 2. The molecule has 4 aromatic rings. The van der Waals surface area contributed by atoms with Gasteiger partial charge in [-0.3, -0.25) is 4.79 Å². The summed E-state index contributed by atoms with van der Waals surface area (Å²) in [5, 5.41) is 11.9. The maximum absolute atomic E-state index is 14.5. The van der Waals surface area contributed by atoms with Gasteiger partial charge in [0.05, 0.1) is 33.9 Å². The second kappa shape index (κ2) is 8.63. The highest BCUT2D eigenvalue weighted by Crippen LogP contribution is 2.23. The first kappa shape index (κ1) is 24.1. The van der Waals surface area contributed by atoms with E-state index in [-0.39, 0.29) is 5.78 Å². The first-order chi connectivity index (χ1) is 15.9. The average molecular weight is 487 g/mol. The maximum atomic E-state index is 14.5. The molecule has 34 heavy (non-hydrogen) atoms. The number of carbonyl (C=O) groups is 1. The van der Waals surface area contributed by atoms with Crippen molar-refractivity contribution in [3.05, 3.63) is 83.2 Å². The number of hydrogen-bond donors (Lipinski definition) is 0. The average Bonchev–Trinajstić information content (AvgIpc) is 3.32. The summed E-state index contributed by atoms with van der Waals surface area (Å²) in [5.41, 5.74) is 5.03. The summed E-state index contributed by atoms with van der Waals surface area (Å²) in [5.74, 6) is 0.0502. The monoisotopic (exact) mass is 486 g/mol. The third kappa shape index (κ3) is 4.25. The minimum absolute atomic E-state index is 0.0502. The van der Waals surface area contributed by atoms with Gasteiger partial charge >= 0.3 is 0 Å². The Balaban J connectivity index is 2.00. The minimum Gasteiger partial charge on any atom is -0.288 e. The number of benzene rings is 2. The molecule has 0 atom stereocenters. The van der Waals surface area contributed by atoms with Gasteiger partial charge < -0.3 is 0 Å². The van der Waals surface area contributed by atoms with Gasteiger partial charge in [-0.05, 0) is 38.1 Å². The van der Waals surface area contributed by atoms with Gasteiger partial charge in [-0.1, -0.05) is 75.7 Å². The molecule has 0 unspecified atom stereocenters. The molecule has 2 aromatic heterocycles. The van der Waals surface area contributed by atoms with E-state index in [0.717, 1.165) is 44.5 Å². The Labute approximate surface area is 204 Å². The molecule has 2 heterocycles. The van der Waals surface area contributed by atoms with Gasteiger partial charge in [0.25, 0.3) is 0 Å². The second-order valence-electron chi connectivity index (χ2n) is 10.9. The molecule has 2 aromatic carbocycles. The van der Waals surface area contributed by atoms with Gasteiger partial charge in [0.1, 0.15) is 16.1 Å². The molecule has 0 saturated carbocycles. The van der Waals surface area contributed by atoms with Gasteiger partial charge in [-0.15, -0.1) is 0 Å². The Morgan fingerprint density at radius 1 is 0.618 bits per heavy atom. The van der Waals surface area contributed by atoms with Crippen LogP contribution in [0.5, 0.6) is 0 Å². The summed E-state index contributed by atoms with van der Waals surface area (Å²) in [6.07, 6.45) is 0. The molecule has 0 fully saturated rings. The van der Waals surface area contributed by atoms with Gasteiger partial charge in [0.2, 0.25) is 0 Å². The van der Waals surface area contributed by atoms with Crippen LogP contribution in [0.25, 0.3) is 11.4 Å². The van der Waals surface area contributed by atoms with E-state index in [4.69, 9.17) is 10.2 Å². The van der Waals surface area contributed by atoms with Crippen LogP contribution in [-0.4, -0.2) is 41.5 Å². The summed E-state index contributed by atoms with van der Waals surface area (Å²) in [7, 11) is -3.91. The maximum Gasteiger partial charge on any atom is 0.199 e. The Hall–Kier alpha value is -3.04. The van der Waals surface area contributed by atoms with Crippen LogP contribution in [0, 0.1) is 13.8 Å². The van der Waals surface area contributed by atoms with E-state index in [1.165, 1.54) is 0 Å². The second-order valence-corrected chi connectivity index (χ2v) is 20.9. The fourth-order valence-electron chi connectivity index (χ4n) is 4.62. The normalized spacial score (nSPS) is 12.2. The van der Waals surface area contributed by atoms with Gasteiger partial charge in [-0.25, -0.2) is 9.36 Å². The predicted molar refractivity (Wildman–Crippen MR) is 146 cm³/mol. The van der Waals surface area contributed by atoms with Crippen LogP contribution in [0.1, 0.15) is 27.3 Å². The summed E-state index contributed by atoms with van der Waals surface area (Å²) in [4.78, 5) is 14.5. The lowest BCUT2D eigenvalue weighted by Gasteiger charge is -2.23. The van der Waals surface area contributed by atoms with Crippen LogP contribution in [0.4, 0.5) is 0 Å². The molecular weight excluding hydrogens is 452 g/mol. The SMILES string of the molecule is Cc1nn(-c2ccccc2)c([Si](C)(C)C)c1C(=O)c1c(C)nn(-c2ccccc2)c1[Si](C)(C)C. The summed E-state index contributed by atoms with van der Waals surface area (Å²) in [6, 6.07) is 20.3. The van der Waals surface area contributed by atoms with Crippen LogP contribution in [0.3, 0.4) is 0 Å². The van der Waals surface area contributed by atoms with E-state index in [2.05, 4.69) is 63.5 Å². The number of rotatable bonds is 6. The highest BCUT2D eigenvalue weighted by Gasteiger charge is 2.37. The number of aromatic nitrogens is 4. The van der Waals surface area contributed by atoms with E-state index >= 15 is 0 Å². The van der Waals surface area contributed by atoms with Crippen molar-refractivity contribution < 1.29 is 4.79 Å². The van der Waals surface area contributed by atoms with Crippen molar-refractivity contribution in [2.45, 2.75) is 53.1 Å². The Morgan fingerprint density at radius 3 is 1.24 bits per heavy atom. The first-order valence-electron chi connectivity index (χ1n) is 11.8. The van der Waals surface area contributed by atoms with Gasteiger partial charge in [0, 0.05) is 10.6 Å². The van der Waals surface area contributed by atoms with E-state index in [0.29, 0.717) is 0 Å². The largest absolute Gasteiger partial charge is 0.288 e. The Bertz CT molecular complexity index is 1240. The van der Waals surface area contributed by atoms with Gasteiger partial charge in [0.15, 0.2) is 5.78 Å². The van der Waals surface area contributed by atoms with Crippen LogP contribution >= 0.6 is 0 Å². The van der Waals surface area contributed by atoms with Gasteiger partial charge in [-0.2, -0.15) is 10.2 Å². The fourth-order valence-corrected chi connectivity index (χ4v) is 8.34. The molecule has 5 nitrogen and oxygen atoms in total. The first-order valence-corrected chi connectivity index (χ1v) is 18.8. The number of carbonyl (C=O) groups excluding carboxylic acids is 1. The Morgan fingerprint density at radius 2 is 0.941 bits per heavy atom. The zero-order chi connectivity index (χ0) is 24.8. The van der Waals surface area contributed by atoms with Crippen molar-refractivity contribution in [3.63, 3.8) is 0 Å². The third-order valence-electron chi connectivity index (χ3n) is 6.00. The quantitative estimate of drug-likeness (QED) is 0.285. The Kier molecular flexibility index (Phi) is 6.12. The van der Waals surface area contributed by atoms with Crippen LogP contribution in [0.15, 0.2) is 60.7 Å². The van der Waals surface area contributed by atoms with Crippen LogP contribution < -0.4 is 10.6 Å². The number of nitrogens with zero attached hydrogens (tertiary/aromatic N) is 4. The zero-order valence-electron chi connectivity index (χ0n) is 21.5. The molecule has 0 saturated heterocycles. The van der Waals surface area contributed by atoms with E-state index in [1.807, 2.05) is 59.6 Å².